The number of hydrogen-bond donors (Lipinski definition) is 1. The van der Waals surface area contributed by atoms with Gasteiger partial charge in [0.2, 0.25) is 0 Å². The van der Waals surface area contributed by atoms with Crippen molar-refractivity contribution in [2.45, 2.75) is 44.2 Å². The topological polar surface area (TPSA) is 59.4 Å². The minimum absolute atomic E-state index is 0.186. The molecule has 0 aliphatic carbocycles. The average Bonchev–Trinajstić information content (AvgIpc) is 3.47. The summed E-state index contributed by atoms with van der Waals surface area (Å²) in [6.07, 6.45) is 8.23. The first-order valence-electron chi connectivity index (χ1n) is 9.88. The van der Waals surface area contributed by atoms with Crippen LogP contribution >= 0.6 is 11.3 Å². The molecule has 2 aromatic rings. The second kappa shape index (κ2) is 8.54. The largest absolute Gasteiger partial charge is 0.383 e. The van der Waals surface area contributed by atoms with Gasteiger partial charge in [-0.3, -0.25) is 4.79 Å². The van der Waals surface area contributed by atoms with Crippen LogP contribution in [0.3, 0.4) is 0 Å². The summed E-state index contributed by atoms with van der Waals surface area (Å²) >= 11 is 1.66. The van der Waals surface area contributed by atoms with Gasteiger partial charge in [-0.05, 0) is 44.4 Å². The Labute approximate surface area is 164 Å². The maximum absolute atomic E-state index is 12.9. The Hall–Kier alpha value is -1.70. The minimum atomic E-state index is 0.186. The summed E-state index contributed by atoms with van der Waals surface area (Å²) in [5, 5.41) is 3.51. The number of carbonyl (C=O) groups excluding carboxylic acids is 1. The van der Waals surface area contributed by atoms with Crippen molar-refractivity contribution in [1.29, 1.82) is 0 Å². The Morgan fingerprint density at radius 3 is 2.93 bits per heavy atom. The third-order valence-electron chi connectivity index (χ3n) is 5.67. The summed E-state index contributed by atoms with van der Waals surface area (Å²) in [5.41, 5.74) is 0. The van der Waals surface area contributed by atoms with Crippen LogP contribution in [0.4, 0.5) is 0 Å². The van der Waals surface area contributed by atoms with E-state index in [0.717, 1.165) is 49.7 Å². The molecule has 1 N–H and O–H groups in total. The standard InChI is InChI=1S/C20H28N4O2S/c1-26-14-13-23-12-9-22-19(23)15-6-10-24(11-7-15)20(25)18-5-4-17(27-18)16-3-2-8-21-16/h4-5,9,12,15-16,21H,2-3,6-8,10-11,13-14H2,1H3/t16-/m1/s1. The van der Waals surface area contributed by atoms with E-state index in [1.807, 2.05) is 23.4 Å². The number of nitrogens with zero attached hydrogens (tertiary/aromatic N) is 3. The van der Waals surface area contributed by atoms with E-state index in [9.17, 15) is 4.79 Å². The van der Waals surface area contributed by atoms with Gasteiger partial charge in [0.05, 0.1) is 11.5 Å². The van der Waals surface area contributed by atoms with E-state index >= 15 is 0 Å². The Morgan fingerprint density at radius 1 is 1.33 bits per heavy atom. The molecule has 6 nitrogen and oxygen atoms in total. The van der Waals surface area contributed by atoms with Crippen molar-refractivity contribution in [2.24, 2.45) is 0 Å². The van der Waals surface area contributed by atoms with E-state index in [4.69, 9.17) is 4.74 Å². The number of thiophene rings is 1. The smallest absolute Gasteiger partial charge is 0.263 e. The third-order valence-corrected chi connectivity index (χ3v) is 6.86. The average molecular weight is 389 g/mol. The van der Waals surface area contributed by atoms with Gasteiger partial charge in [-0.2, -0.15) is 0 Å². The highest BCUT2D eigenvalue weighted by atomic mass is 32.1. The van der Waals surface area contributed by atoms with Crippen LogP contribution in [-0.4, -0.2) is 53.7 Å². The highest BCUT2D eigenvalue weighted by Gasteiger charge is 2.28. The molecule has 1 atom stereocenters. The summed E-state index contributed by atoms with van der Waals surface area (Å²) in [4.78, 5) is 21.7. The second-order valence-electron chi connectivity index (χ2n) is 7.39. The van der Waals surface area contributed by atoms with Crippen molar-refractivity contribution in [3.05, 3.63) is 40.1 Å². The Morgan fingerprint density at radius 2 is 2.19 bits per heavy atom. The lowest BCUT2D eigenvalue weighted by atomic mass is 9.95. The molecule has 146 valence electrons. The lowest BCUT2D eigenvalue weighted by Gasteiger charge is -2.31. The van der Waals surface area contributed by atoms with Crippen molar-refractivity contribution in [3.8, 4) is 0 Å². The van der Waals surface area contributed by atoms with Crippen LogP contribution in [0.1, 0.15) is 58.0 Å². The molecule has 2 aromatic heterocycles. The number of rotatable bonds is 6. The number of hydrogen-bond acceptors (Lipinski definition) is 5. The fraction of sp³-hybridized carbons (Fsp3) is 0.600. The van der Waals surface area contributed by atoms with Crippen LogP contribution in [0.2, 0.25) is 0 Å². The van der Waals surface area contributed by atoms with E-state index in [1.165, 1.54) is 17.7 Å². The molecule has 27 heavy (non-hydrogen) atoms. The van der Waals surface area contributed by atoms with Gasteiger partial charge >= 0.3 is 0 Å². The number of ether oxygens (including phenoxy) is 1. The molecule has 0 radical (unpaired) electrons. The summed E-state index contributed by atoms with van der Waals surface area (Å²) in [7, 11) is 1.72. The van der Waals surface area contributed by atoms with Gasteiger partial charge in [-0.25, -0.2) is 4.98 Å². The summed E-state index contributed by atoms with van der Waals surface area (Å²) in [6.45, 7) is 4.21. The van der Waals surface area contributed by atoms with Crippen LogP contribution in [-0.2, 0) is 11.3 Å². The van der Waals surface area contributed by atoms with Crippen LogP contribution < -0.4 is 5.32 Å². The van der Waals surface area contributed by atoms with Gasteiger partial charge in [0.15, 0.2) is 0 Å². The van der Waals surface area contributed by atoms with Crippen molar-refractivity contribution < 1.29 is 9.53 Å². The first-order valence-corrected chi connectivity index (χ1v) is 10.7. The molecular weight excluding hydrogens is 360 g/mol. The molecule has 2 fully saturated rings. The van der Waals surface area contributed by atoms with Crippen LogP contribution in [0.5, 0.6) is 0 Å². The van der Waals surface area contributed by atoms with Crippen molar-refractivity contribution >= 4 is 17.2 Å². The normalized spacial score (nSPS) is 21.1. The number of methoxy groups -OCH3 is 1. The monoisotopic (exact) mass is 388 g/mol. The maximum Gasteiger partial charge on any atom is 0.263 e. The molecule has 2 aliphatic rings. The third kappa shape index (κ3) is 4.10. The van der Waals surface area contributed by atoms with Crippen molar-refractivity contribution in [2.75, 3.05) is 33.4 Å². The lowest BCUT2D eigenvalue weighted by molar-refractivity contribution is 0.0715. The lowest BCUT2D eigenvalue weighted by Crippen LogP contribution is -2.38. The molecular formula is C20H28N4O2S. The number of amides is 1. The quantitative estimate of drug-likeness (QED) is 0.826. The molecule has 2 aliphatic heterocycles. The summed E-state index contributed by atoms with van der Waals surface area (Å²) in [5.74, 6) is 1.73. The zero-order valence-corrected chi connectivity index (χ0v) is 16.7. The molecule has 0 saturated carbocycles. The van der Waals surface area contributed by atoms with Gasteiger partial charge in [-0.15, -0.1) is 11.3 Å². The number of likely N-dealkylation sites (tertiary alicyclic amines) is 1. The molecule has 7 heteroatoms. The molecule has 2 saturated heterocycles. The van der Waals surface area contributed by atoms with E-state index in [2.05, 4.69) is 20.9 Å². The van der Waals surface area contributed by atoms with Gasteiger partial charge in [0, 0.05) is 56.0 Å². The Bertz CT molecular complexity index is 758. The zero-order valence-electron chi connectivity index (χ0n) is 15.9. The molecule has 4 rings (SSSR count). The highest BCUT2D eigenvalue weighted by Crippen LogP contribution is 2.32. The van der Waals surface area contributed by atoms with E-state index in [1.54, 1.807) is 18.4 Å². The molecule has 0 unspecified atom stereocenters. The number of piperidine rings is 1. The van der Waals surface area contributed by atoms with Crippen LogP contribution in [0.25, 0.3) is 0 Å². The van der Waals surface area contributed by atoms with Gasteiger partial charge < -0.3 is 19.5 Å². The van der Waals surface area contributed by atoms with Crippen molar-refractivity contribution in [1.82, 2.24) is 19.8 Å². The van der Waals surface area contributed by atoms with E-state index < -0.39 is 0 Å². The van der Waals surface area contributed by atoms with Crippen LogP contribution in [0.15, 0.2) is 24.5 Å². The Balaban J connectivity index is 1.35. The fourth-order valence-corrected chi connectivity index (χ4v) is 5.22. The minimum Gasteiger partial charge on any atom is -0.383 e. The van der Waals surface area contributed by atoms with Gasteiger partial charge in [-0.1, -0.05) is 0 Å². The molecule has 1 amide bonds. The summed E-state index contributed by atoms with van der Waals surface area (Å²) in [6, 6.07) is 4.57. The zero-order chi connectivity index (χ0) is 18.6. The predicted octanol–water partition coefficient (Wildman–Crippen LogP) is 3.04. The first-order chi connectivity index (χ1) is 13.3. The van der Waals surface area contributed by atoms with E-state index in [-0.39, 0.29) is 5.91 Å². The Kier molecular flexibility index (Phi) is 5.90. The van der Waals surface area contributed by atoms with Gasteiger partial charge in [0.25, 0.3) is 5.91 Å². The molecule has 0 spiro atoms. The molecule has 0 bridgehead atoms. The number of aromatic nitrogens is 2. The SMILES string of the molecule is COCCn1ccnc1C1CCN(C(=O)c2ccc([C@H]3CCCN3)s2)CC1. The van der Waals surface area contributed by atoms with Crippen molar-refractivity contribution in [3.63, 3.8) is 0 Å². The number of carbonyl (C=O) groups is 1. The fourth-order valence-electron chi connectivity index (χ4n) is 4.14. The highest BCUT2D eigenvalue weighted by molar-refractivity contribution is 7.14. The number of nitrogens with one attached hydrogen (secondary N) is 1. The maximum atomic E-state index is 12.9. The second-order valence-corrected chi connectivity index (χ2v) is 8.50. The molecule has 4 heterocycles. The number of imidazole rings is 1. The first kappa shape index (κ1) is 18.7. The summed E-state index contributed by atoms with van der Waals surface area (Å²) < 4.78 is 7.38. The molecule has 0 aromatic carbocycles. The van der Waals surface area contributed by atoms with Crippen LogP contribution in [0, 0.1) is 0 Å². The van der Waals surface area contributed by atoms with Gasteiger partial charge in [0.1, 0.15) is 5.82 Å². The van der Waals surface area contributed by atoms with E-state index in [0.29, 0.717) is 18.6 Å². The predicted molar refractivity (Wildman–Crippen MR) is 106 cm³/mol.